The standard InChI is InChI=1S/C14H18BrNO2/c1-10-5-4-6-11(12(10)15)13(18)16-14(9-17)7-2-3-8-14/h4-6,17H,2-3,7-9H2,1H3,(H,16,18). The van der Waals surface area contributed by atoms with Gasteiger partial charge in [-0.15, -0.1) is 0 Å². The van der Waals surface area contributed by atoms with Crippen LogP contribution in [0.5, 0.6) is 0 Å². The zero-order valence-corrected chi connectivity index (χ0v) is 12.1. The van der Waals surface area contributed by atoms with E-state index in [1.807, 2.05) is 19.1 Å². The number of amides is 1. The van der Waals surface area contributed by atoms with Crippen LogP contribution in [0.2, 0.25) is 0 Å². The minimum atomic E-state index is -0.416. The van der Waals surface area contributed by atoms with Crippen molar-refractivity contribution in [2.75, 3.05) is 6.61 Å². The second kappa shape index (κ2) is 5.41. The van der Waals surface area contributed by atoms with Crippen LogP contribution in [-0.2, 0) is 0 Å². The highest BCUT2D eigenvalue weighted by molar-refractivity contribution is 9.10. The lowest BCUT2D eigenvalue weighted by molar-refractivity contribution is 0.0837. The van der Waals surface area contributed by atoms with Gasteiger partial charge >= 0.3 is 0 Å². The maximum atomic E-state index is 12.3. The van der Waals surface area contributed by atoms with Gasteiger partial charge in [0.25, 0.3) is 5.91 Å². The number of hydrogen-bond acceptors (Lipinski definition) is 2. The quantitative estimate of drug-likeness (QED) is 0.902. The van der Waals surface area contributed by atoms with Crippen LogP contribution in [0.25, 0.3) is 0 Å². The normalized spacial score (nSPS) is 17.7. The second-order valence-corrected chi connectivity index (χ2v) is 5.83. The zero-order valence-electron chi connectivity index (χ0n) is 10.5. The fourth-order valence-electron chi connectivity index (χ4n) is 2.51. The zero-order chi connectivity index (χ0) is 13.2. The van der Waals surface area contributed by atoms with E-state index in [2.05, 4.69) is 21.2 Å². The van der Waals surface area contributed by atoms with E-state index in [9.17, 15) is 9.90 Å². The lowest BCUT2D eigenvalue weighted by Crippen LogP contribution is -2.49. The average molecular weight is 312 g/mol. The molecule has 0 aliphatic heterocycles. The maximum Gasteiger partial charge on any atom is 0.252 e. The van der Waals surface area contributed by atoms with Gasteiger partial charge in [-0.3, -0.25) is 4.79 Å². The number of aryl methyl sites for hydroxylation is 1. The molecular formula is C14H18BrNO2. The van der Waals surface area contributed by atoms with Crippen LogP contribution in [0.4, 0.5) is 0 Å². The molecule has 0 unspecified atom stereocenters. The van der Waals surface area contributed by atoms with Gasteiger partial charge in [-0.1, -0.05) is 25.0 Å². The Morgan fingerprint density at radius 2 is 2.11 bits per heavy atom. The van der Waals surface area contributed by atoms with E-state index in [0.717, 1.165) is 35.7 Å². The molecule has 0 heterocycles. The number of carbonyl (C=O) groups excluding carboxylic acids is 1. The van der Waals surface area contributed by atoms with Gasteiger partial charge in [-0.2, -0.15) is 0 Å². The molecule has 1 aromatic rings. The number of hydrogen-bond donors (Lipinski definition) is 2. The molecule has 1 aromatic carbocycles. The highest BCUT2D eigenvalue weighted by atomic mass is 79.9. The van der Waals surface area contributed by atoms with Crippen molar-refractivity contribution in [3.8, 4) is 0 Å². The molecule has 1 fully saturated rings. The van der Waals surface area contributed by atoms with Crippen molar-refractivity contribution in [2.45, 2.75) is 38.1 Å². The number of aliphatic hydroxyl groups excluding tert-OH is 1. The molecule has 0 aromatic heterocycles. The van der Waals surface area contributed by atoms with Crippen LogP contribution < -0.4 is 5.32 Å². The van der Waals surface area contributed by atoms with Gasteiger partial charge in [0, 0.05) is 4.47 Å². The van der Waals surface area contributed by atoms with Gasteiger partial charge in [-0.25, -0.2) is 0 Å². The highest BCUT2D eigenvalue weighted by Gasteiger charge is 2.35. The molecule has 18 heavy (non-hydrogen) atoms. The van der Waals surface area contributed by atoms with Crippen LogP contribution in [0.15, 0.2) is 22.7 Å². The molecule has 1 aliphatic rings. The fourth-order valence-corrected chi connectivity index (χ4v) is 2.95. The van der Waals surface area contributed by atoms with Crippen LogP contribution in [0.1, 0.15) is 41.6 Å². The summed E-state index contributed by atoms with van der Waals surface area (Å²) in [4.78, 5) is 12.3. The summed E-state index contributed by atoms with van der Waals surface area (Å²) < 4.78 is 0.827. The summed E-state index contributed by atoms with van der Waals surface area (Å²) in [6.45, 7) is 1.97. The van der Waals surface area contributed by atoms with Crippen molar-refractivity contribution in [3.63, 3.8) is 0 Å². The molecule has 0 spiro atoms. The van der Waals surface area contributed by atoms with Crippen molar-refractivity contribution in [1.82, 2.24) is 5.32 Å². The molecule has 1 saturated carbocycles. The summed E-state index contributed by atoms with van der Waals surface area (Å²) in [5.41, 5.74) is 1.25. The Morgan fingerprint density at radius 1 is 1.44 bits per heavy atom. The third-order valence-electron chi connectivity index (χ3n) is 3.68. The summed E-state index contributed by atoms with van der Waals surface area (Å²) in [5.74, 6) is -0.110. The number of nitrogens with one attached hydrogen (secondary N) is 1. The molecule has 0 saturated heterocycles. The monoisotopic (exact) mass is 311 g/mol. The van der Waals surface area contributed by atoms with Gasteiger partial charge in [-0.05, 0) is 47.3 Å². The van der Waals surface area contributed by atoms with Crippen LogP contribution in [-0.4, -0.2) is 23.2 Å². The van der Waals surface area contributed by atoms with E-state index in [4.69, 9.17) is 0 Å². The maximum absolute atomic E-state index is 12.3. The SMILES string of the molecule is Cc1cccc(C(=O)NC2(CO)CCCC2)c1Br. The average Bonchev–Trinajstić information content (AvgIpc) is 2.81. The Labute approximate surface area is 116 Å². The Bertz CT molecular complexity index is 453. The molecule has 0 radical (unpaired) electrons. The van der Waals surface area contributed by atoms with E-state index in [-0.39, 0.29) is 12.5 Å². The topological polar surface area (TPSA) is 49.3 Å². The Hall–Kier alpha value is -0.870. The van der Waals surface area contributed by atoms with E-state index >= 15 is 0 Å². The Morgan fingerprint density at radius 3 is 2.72 bits per heavy atom. The van der Waals surface area contributed by atoms with Gasteiger partial charge in [0.05, 0.1) is 17.7 Å². The summed E-state index contributed by atoms with van der Waals surface area (Å²) in [5, 5.41) is 12.5. The van der Waals surface area contributed by atoms with Gasteiger partial charge in [0.2, 0.25) is 0 Å². The third kappa shape index (κ3) is 2.59. The van der Waals surface area contributed by atoms with E-state index in [1.165, 1.54) is 0 Å². The first-order chi connectivity index (χ1) is 8.58. The van der Waals surface area contributed by atoms with Crippen molar-refractivity contribution >= 4 is 21.8 Å². The second-order valence-electron chi connectivity index (χ2n) is 5.04. The first-order valence-corrected chi connectivity index (χ1v) is 7.06. The molecule has 2 N–H and O–H groups in total. The van der Waals surface area contributed by atoms with Gasteiger partial charge < -0.3 is 10.4 Å². The predicted molar refractivity (Wildman–Crippen MR) is 74.6 cm³/mol. The Kier molecular flexibility index (Phi) is 4.07. The number of halogens is 1. The minimum absolute atomic E-state index is 0.0160. The van der Waals surface area contributed by atoms with E-state index in [0.29, 0.717) is 5.56 Å². The van der Waals surface area contributed by atoms with Crippen molar-refractivity contribution in [1.29, 1.82) is 0 Å². The molecule has 1 amide bonds. The predicted octanol–water partition coefficient (Wildman–Crippen LogP) is 2.79. The highest BCUT2D eigenvalue weighted by Crippen LogP contribution is 2.30. The number of aliphatic hydroxyl groups is 1. The molecule has 0 bridgehead atoms. The van der Waals surface area contributed by atoms with E-state index < -0.39 is 5.54 Å². The van der Waals surface area contributed by atoms with Crippen LogP contribution in [0, 0.1) is 6.92 Å². The lowest BCUT2D eigenvalue weighted by Gasteiger charge is -2.28. The molecule has 3 nitrogen and oxygen atoms in total. The van der Waals surface area contributed by atoms with Crippen LogP contribution >= 0.6 is 15.9 Å². The van der Waals surface area contributed by atoms with Crippen molar-refractivity contribution < 1.29 is 9.90 Å². The fraction of sp³-hybridized carbons (Fsp3) is 0.500. The first-order valence-electron chi connectivity index (χ1n) is 6.26. The first kappa shape index (κ1) is 13.6. The molecular weight excluding hydrogens is 294 g/mol. The molecule has 2 rings (SSSR count). The van der Waals surface area contributed by atoms with Crippen LogP contribution in [0.3, 0.4) is 0 Å². The summed E-state index contributed by atoms with van der Waals surface area (Å²) >= 11 is 3.45. The lowest BCUT2D eigenvalue weighted by atomic mass is 9.98. The van der Waals surface area contributed by atoms with Gasteiger partial charge in [0.1, 0.15) is 0 Å². The number of carbonyl (C=O) groups is 1. The van der Waals surface area contributed by atoms with Gasteiger partial charge in [0.15, 0.2) is 0 Å². The minimum Gasteiger partial charge on any atom is -0.394 e. The molecule has 1 aliphatic carbocycles. The molecule has 98 valence electrons. The molecule has 0 atom stereocenters. The van der Waals surface area contributed by atoms with Crippen molar-refractivity contribution in [3.05, 3.63) is 33.8 Å². The summed E-state index contributed by atoms with van der Waals surface area (Å²) in [6.07, 6.45) is 3.85. The van der Waals surface area contributed by atoms with E-state index in [1.54, 1.807) is 6.07 Å². The summed E-state index contributed by atoms with van der Waals surface area (Å²) in [6, 6.07) is 5.62. The molecule has 4 heteroatoms. The number of benzene rings is 1. The van der Waals surface area contributed by atoms with Crippen molar-refractivity contribution in [2.24, 2.45) is 0 Å². The smallest absolute Gasteiger partial charge is 0.252 e. The Balaban J connectivity index is 2.19. The summed E-state index contributed by atoms with van der Waals surface area (Å²) in [7, 11) is 0. The largest absolute Gasteiger partial charge is 0.394 e. The third-order valence-corrected chi connectivity index (χ3v) is 4.73. The number of rotatable bonds is 3.